The minimum Gasteiger partial charge on any atom is -0.502 e. The molecule has 0 saturated heterocycles. The van der Waals surface area contributed by atoms with Gasteiger partial charge in [0.25, 0.3) is 11.8 Å². The van der Waals surface area contributed by atoms with E-state index in [1.165, 1.54) is 29.8 Å². The van der Waals surface area contributed by atoms with Gasteiger partial charge in [-0.3, -0.25) is 19.4 Å². The van der Waals surface area contributed by atoms with Crippen molar-refractivity contribution >= 4 is 11.8 Å². The fourth-order valence-electron chi connectivity index (χ4n) is 3.76. The number of amides is 2. The van der Waals surface area contributed by atoms with Crippen molar-refractivity contribution in [1.82, 2.24) is 14.9 Å². The Balaban J connectivity index is 1.77. The number of aromatic hydroxyl groups is 1. The second-order valence-electron chi connectivity index (χ2n) is 7.07. The average molecular weight is 420 g/mol. The van der Waals surface area contributed by atoms with Gasteiger partial charge in [0.05, 0.1) is 12.2 Å². The molecule has 0 saturated carbocycles. The highest BCUT2D eigenvalue weighted by molar-refractivity contribution is 6.00. The van der Waals surface area contributed by atoms with Gasteiger partial charge in [0.1, 0.15) is 30.0 Å². The van der Waals surface area contributed by atoms with Crippen LogP contribution in [-0.4, -0.2) is 53.9 Å². The fourth-order valence-corrected chi connectivity index (χ4v) is 3.76. The third kappa shape index (κ3) is 2.89. The molecule has 0 bridgehead atoms. The summed E-state index contributed by atoms with van der Waals surface area (Å²) in [5, 5.41) is 14.5. The van der Waals surface area contributed by atoms with Crippen molar-refractivity contribution in [3.63, 3.8) is 0 Å². The van der Waals surface area contributed by atoms with Crippen LogP contribution in [0.3, 0.4) is 0 Å². The van der Waals surface area contributed by atoms with E-state index in [2.05, 4.69) is 5.32 Å². The molecule has 2 aliphatic heterocycles. The number of rotatable bonds is 4. The minimum atomic E-state index is -1.03. The third-order valence-corrected chi connectivity index (χ3v) is 5.22. The van der Waals surface area contributed by atoms with Gasteiger partial charge in [0.15, 0.2) is 11.4 Å². The number of hydrogen-bond donors (Lipinski definition) is 2. The Morgan fingerprint density at radius 1 is 1.33 bits per heavy atom. The van der Waals surface area contributed by atoms with Crippen molar-refractivity contribution < 1.29 is 28.2 Å². The van der Waals surface area contributed by atoms with Gasteiger partial charge in [-0.1, -0.05) is 6.07 Å². The van der Waals surface area contributed by atoms with Crippen molar-refractivity contribution in [2.75, 3.05) is 32.4 Å². The molecule has 0 aliphatic carbocycles. The van der Waals surface area contributed by atoms with E-state index in [1.807, 2.05) is 0 Å². The number of aromatic nitrogens is 1. The maximum Gasteiger partial charge on any atom is 0.277 e. The summed E-state index contributed by atoms with van der Waals surface area (Å²) in [6, 6.07) is 2.90. The number of methoxy groups -OCH3 is 1. The Morgan fingerprint density at radius 3 is 2.73 bits per heavy atom. The molecule has 30 heavy (non-hydrogen) atoms. The van der Waals surface area contributed by atoms with Crippen molar-refractivity contribution in [2.24, 2.45) is 0 Å². The molecule has 0 fully saturated rings. The number of pyridine rings is 1. The average Bonchev–Trinajstić information content (AvgIpc) is 3.05. The lowest BCUT2D eigenvalue weighted by Gasteiger charge is -2.35. The van der Waals surface area contributed by atoms with E-state index in [4.69, 9.17) is 4.74 Å². The third-order valence-electron chi connectivity index (χ3n) is 5.22. The number of ether oxygens (including phenoxy) is 1. The van der Waals surface area contributed by atoms with Crippen LogP contribution < -0.4 is 15.8 Å². The van der Waals surface area contributed by atoms with Crippen LogP contribution in [0.2, 0.25) is 0 Å². The highest BCUT2D eigenvalue weighted by Gasteiger charge is 2.43. The standard InChI is InChI=1S/C19H18F2N4O5/c1-23-8-24-7-12(30-2)14-13(16(26)17(27)15(19(23)29)25(14)24)18(28)22-6-9-3-4-10(20)5-11(9)21/h3-5,12,27H,6-8H2,1-2H3,(H,22,28). The van der Waals surface area contributed by atoms with E-state index in [0.29, 0.717) is 6.07 Å². The fraction of sp³-hybridized carbons (Fsp3) is 0.316. The zero-order valence-electron chi connectivity index (χ0n) is 16.1. The van der Waals surface area contributed by atoms with Crippen LogP contribution in [0.25, 0.3) is 0 Å². The van der Waals surface area contributed by atoms with Gasteiger partial charge in [0, 0.05) is 32.3 Å². The number of benzene rings is 1. The lowest BCUT2D eigenvalue weighted by molar-refractivity contribution is 0.0733. The first-order valence-corrected chi connectivity index (χ1v) is 9.02. The largest absolute Gasteiger partial charge is 0.502 e. The molecule has 4 rings (SSSR count). The first kappa shape index (κ1) is 19.8. The topological polar surface area (TPSA) is 104 Å². The van der Waals surface area contributed by atoms with Gasteiger partial charge in [0.2, 0.25) is 5.43 Å². The molecule has 2 N–H and O–H groups in total. The van der Waals surface area contributed by atoms with Gasteiger partial charge >= 0.3 is 0 Å². The van der Waals surface area contributed by atoms with Crippen LogP contribution in [-0.2, 0) is 11.3 Å². The Labute approximate surface area is 169 Å². The Morgan fingerprint density at radius 2 is 2.07 bits per heavy atom. The second kappa shape index (κ2) is 7.10. The summed E-state index contributed by atoms with van der Waals surface area (Å²) in [5.41, 5.74) is -1.52. The summed E-state index contributed by atoms with van der Waals surface area (Å²) in [5.74, 6) is -3.90. The first-order chi connectivity index (χ1) is 14.2. The van der Waals surface area contributed by atoms with Gasteiger partial charge in [-0.05, 0) is 6.07 Å². The number of nitrogens with one attached hydrogen (secondary N) is 1. The quantitative estimate of drug-likeness (QED) is 0.744. The van der Waals surface area contributed by atoms with Crippen LogP contribution in [0.15, 0.2) is 23.0 Å². The van der Waals surface area contributed by atoms with Crippen LogP contribution in [0.5, 0.6) is 5.75 Å². The molecular weight excluding hydrogens is 402 g/mol. The van der Waals surface area contributed by atoms with E-state index in [0.717, 1.165) is 6.07 Å². The molecule has 0 radical (unpaired) electrons. The Hall–Kier alpha value is -3.47. The summed E-state index contributed by atoms with van der Waals surface area (Å²) < 4.78 is 33.7. The van der Waals surface area contributed by atoms with Crippen molar-refractivity contribution in [2.45, 2.75) is 12.6 Å². The summed E-state index contributed by atoms with van der Waals surface area (Å²) in [4.78, 5) is 39.5. The molecule has 1 aromatic carbocycles. The molecule has 0 spiro atoms. The minimum absolute atomic E-state index is 0.0187. The lowest BCUT2D eigenvalue weighted by Crippen LogP contribution is -2.51. The van der Waals surface area contributed by atoms with Crippen LogP contribution in [0, 0.1) is 11.6 Å². The highest BCUT2D eigenvalue weighted by Crippen LogP contribution is 2.34. The number of hydrogen-bond acceptors (Lipinski definition) is 6. The zero-order chi connectivity index (χ0) is 21.7. The molecular formula is C19H18F2N4O5. The normalized spacial score (nSPS) is 17.3. The van der Waals surface area contributed by atoms with E-state index < -0.39 is 46.3 Å². The molecule has 9 nitrogen and oxygen atoms in total. The number of carbonyl (C=O) groups excluding carboxylic acids is 2. The summed E-state index contributed by atoms with van der Waals surface area (Å²) >= 11 is 0. The molecule has 2 amide bonds. The zero-order valence-corrected chi connectivity index (χ0v) is 16.1. The van der Waals surface area contributed by atoms with Crippen molar-refractivity contribution in [3.8, 4) is 5.75 Å². The van der Waals surface area contributed by atoms with Gasteiger partial charge in [-0.2, -0.15) is 0 Å². The molecule has 1 unspecified atom stereocenters. The predicted molar refractivity (Wildman–Crippen MR) is 99.7 cm³/mol. The van der Waals surface area contributed by atoms with Crippen molar-refractivity contribution in [1.29, 1.82) is 0 Å². The maximum absolute atomic E-state index is 13.9. The first-order valence-electron chi connectivity index (χ1n) is 9.02. The predicted octanol–water partition coefficient (Wildman–Crippen LogP) is 0.444. The Kier molecular flexibility index (Phi) is 4.69. The van der Waals surface area contributed by atoms with Crippen molar-refractivity contribution in [3.05, 3.63) is 62.6 Å². The van der Waals surface area contributed by atoms with E-state index in [9.17, 15) is 28.3 Å². The monoisotopic (exact) mass is 420 g/mol. The molecule has 158 valence electrons. The lowest BCUT2D eigenvalue weighted by atomic mass is 10.1. The molecule has 1 atom stereocenters. The highest BCUT2D eigenvalue weighted by atomic mass is 19.1. The van der Waals surface area contributed by atoms with Crippen LogP contribution >= 0.6 is 0 Å². The summed E-state index contributed by atoms with van der Waals surface area (Å²) in [7, 11) is 2.92. The summed E-state index contributed by atoms with van der Waals surface area (Å²) in [6.07, 6.45) is -0.709. The van der Waals surface area contributed by atoms with Gasteiger partial charge < -0.3 is 20.1 Å². The molecule has 2 aliphatic rings. The number of halogens is 2. The molecule has 1 aromatic heterocycles. The maximum atomic E-state index is 13.9. The number of carbonyl (C=O) groups is 2. The number of nitrogens with zero attached hydrogens (tertiary/aromatic N) is 3. The van der Waals surface area contributed by atoms with Gasteiger partial charge in [-0.25, -0.2) is 13.5 Å². The molecule has 11 heteroatoms. The van der Waals surface area contributed by atoms with Crippen LogP contribution in [0.1, 0.15) is 38.2 Å². The molecule has 3 heterocycles. The summed E-state index contributed by atoms with van der Waals surface area (Å²) in [6.45, 7) is 0.106. The second-order valence-corrected chi connectivity index (χ2v) is 7.07. The van der Waals surface area contributed by atoms with E-state index >= 15 is 0 Å². The molecule has 2 aromatic rings. The van der Waals surface area contributed by atoms with Crippen LogP contribution in [0.4, 0.5) is 8.78 Å². The smallest absolute Gasteiger partial charge is 0.277 e. The van der Waals surface area contributed by atoms with E-state index in [-0.39, 0.29) is 36.7 Å². The SMILES string of the molecule is COC1CN2CN(C)C(=O)c3c(O)c(=O)c(C(=O)NCc4ccc(F)cc4F)c1n32. The van der Waals surface area contributed by atoms with Gasteiger partial charge in [-0.15, -0.1) is 0 Å². The van der Waals surface area contributed by atoms with E-state index in [1.54, 1.807) is 5.01 Å². The Bertz CT molecular complexity index is 1130.